The summed E-state index contributed by atoms with van der Waals surface area (Å²) in [6, 6.07) is 15.8. The normalized spacial score (nSPS) is 11.0. The molecule has 1 N–H and O–H groups in total. The van der Waals surface area contributed by atoms with Gasteiger partial charge >= 0.3 is 0 Å². The summed E-state index contributed by atoms with van der Waals surface area (Å²) in [5.74, 6) is -0.0977. The molecule has 0 bridgehead atoms. The molecule has 0 aliphatic rings. The van der Waals surface area contributed by atoms with Crippen LogP contribution in [-0.2, 0) is 11.3 Å². The van der Waals surface area contributed by atoms with Crippen molar-refractivity contribution in [3.05, 3.63) is 71.7 Å². The third kappa shape index (κ3) is 4.40. The molecule has 1 aromatic carbocycles. The Morgan fingerprint density at radius 1 is 1.17 bits per heavy atom. The molecule has 5 heteroatoms. The van der Waals surface area contributed by atoms with Crippen LogP contribution in [0, 0.1) is 0 Å². The first-order chi connectivity index (χ1) is 11.3. The van der Waals surface area contributed by atoms with Crippen LogP contribution in [0.15, 0.2) is 66.2 Å². The Kier molecular flexibility index (Phi) is 5.01. The molecule has 4 nitrogen and oxygen atoms in total. The molecule has 0 unspecified atom stereocenters. The Morgan fingerprint density at radius 2 is 2.04 bits per heavy atom. The molecule has 0 atom stereocenters. The average Bonchev–Trinajstić information content (AvgIpc) is 3.25. The third-order valence-corrected chi connectivity index (χ3v) is 4.17. The van der Waals surface area contributed by atoms with E-state index in [1.807, 2.05) is 64.8 Å². The minimum atomic E-state index is -0.0977. The van der Waals surface area contributed by atoms with E-state index in [1.54, 1.807) is 23.5 Å². The molecule has 3 aromatic rings. The van der Waals surface area contributed by atoms with Crippen LogP contribution in [0.25, 0.3) is 16.6 Å². The Balaban J connectivity index is 1.46. The van der Waals surface area contributed by atoms with Gasteiger partial charge in [0.05, 0.1) is 11.4 Å². The minimum Gasteiger partial charge on any atom is -0.351 e. The van der Waals surface area contributed by atoms with Gasteiger partial charge in [0.1, 0.15) is 5.69 Å². The van der Waals surface area contributed by atoms with Crippen LogP contribution >= 0.6 is 11.3 Å². The van der Waals surface area contributed by atoms with Crippen LogP contribution in [0.3, 0.4) is 0 Å². The largest absolute Gasteiger partial charge is 0.351 e. The SMILES string of the molecule is O=C(/C=C/c1ccccc1)NCCn1ccc(-c2cccs2)n1. The van der Waals surface area contributed by atoms with Crippen LogP contribution in [0.2, 0.25) is 0 Å². The first-order valence-electron chi connectivity index (χ1n) is 7.39. The van der Waals surface area contributed by atoms with Gasteiger partial charge in [0.15, 0.2) is 0 Å². The van der Waals surface area contributed by atoms with Crippen LogP contribution in [0.1, 0.15) is 5.56 Å². The highest BCUT2D eigenvalue weighted by molar-refractivity contribution is 7.13. The van der Waals surface area contributed by atoms with Gasteiger partial charge in [-0.25, -0.2) is 0 Å². The molecular weight excluding hydrogens is 306 g/mol. The molecule has 0 saturated carbocycles. The van der Waals surface area contributed by atoms with Crippen LogP contribution in [0.4, 0.5) is 0 Å². The van der Waals surface area contributed by atoms with Crippen molar-refractivity contribution in [2.45, 2.75) is 6.54 Å². The van der Waals surface area contributed by atoms with E-state index in [0.717, 1.165) is 16.1 Å². The number of hydrogen-bond donors (Lipinski definition) is 1. The Labute approximate surface area is 139 Å². The van der Waals surface area contributed by atoms with Crippen molar-refractivity contribution in [1.29, 1.82) is 0 Å². The highest BCUT2D eigenvalue weighted by atomic mass is 32.1. The fraction of sp³-hybridized carbons (Fsp3) is 0.111. The molecule has 3 rings (SSSR count). The van der Waals surface area contributed by atoms with E-state index >= 15 is 0 Å². The monoisotopic (exact) mass is 323 g/mol. The topological polar surface area (TPSA) is 46.9 Å². The molecule has 0 aliphatic carbocycles. The van der Waals surface area contributed by atoms with Gasteiger partial charge in [0, 0.05) is 18.8 Å². The van der Waals surface area contributed by atoms with Crippen molar-refractivity contribution < 1.29 is 4.79 Å². The number of nitrogens with zero attached hydrogens (tertiary/aromatic N) is 2. The van der Waals surface area contributed by atoms with Crippen molar-refractivity contribution in [1.82, 2.24) is 15.1 Å². The molecule has 0 spiro atoms. The number of rotatable bonds is 6. The molecule has 0 aliphatic heterocycles. The van der Waals surface area contributed by atoms with Gasteiger partial charge in [-0.1, -0.05) is 36.4 Å². The molecule has 0 radical (unpaired) electrons. The van der Waals surface area contributed by atoms with Gasteiger partial charge in [-0.3, -0.25) is 9.48 Å². The fourth-order valence-corrected chi connectivity index (χ4v) is 2.82. The predicted octanol–water partition coefficient (Wildman–Crippen LogP) is 3.44. The minimum absolute atomic E-state index is 0.0977. The highest BCUT2D eigenvalue weighted by Crippen LogP contribution is 2.22. The van der Waals surface area contributed by atoms with Gasteiger partial charge in [-0.2, -0.15) is 5.10 Å². The average molecular weight is 323 g/mol. The first-order valence-corrected chi connectivity index (χ1v) is 8.27. The quantitative estimate of drug-likeness (QED) is 0.706. The number of thiophene rings is 1. The van der Waals surface area contributed by atoms with Crippen molar-refractivity contribution in [2.24, 2.45) is 0 Å². The lowest BCUT2D eigenvalue weighted by molar-refractivity contribution is -0.116. The molecule has 116 valence electrons. The summed E-state index contributed by atoms with van der Waals surface area (Å²) in [6.07, 6.45) is 5.29. The maximum atomic E-state index is 11.8. The van der Waals surface area contributed by atoms with E-state index < -0.39 is 0 Å². The van der Waals surface area contributed by atoms with E-state index in [0.29, 0.717) is 13.1 Å². The van der Waals surface area contributed by atoms with E-state index in [9.17, 15) is 4.79 Å². The van der Waals surface area contributed by atoms with Crippen molar-refractivity contribution in [2.75, 3.05) is 6.54 Å². The smallest absolute Gasteiger partial charge is 0.244 e. The fourth-order valence-electron chi connectivity index (χ4n) is 2.13. The Hall–Kier alpha value is -2.66. The maximum absolute atomic E-state index is 11.8. The second-order valence-electron chi connectivity index (χ2n) is 4.98. The summed E-state index contributed by atoms with van der Waals surface area (Å²) >= 11 is 1.67. The zero-order chi connectivity index (χ0) is 15.9. The first kappa shape index (κ1) is 15.2. The van der Waals surface area contributed by atoms with Gasteiger partial charge < -0.3 is 5.32 Å². The lowest BCUT2D eigenvalue weighted by Gasteiger charge is -2.02. The van der Waals surface area contributed by atoms with Gasteiger partial charge in [0.25, 0.3) is 0 Å². The van der Waals surface area contributed by atoms with Crippen molar-refractivity contribution >= 4 is 23.3 Å². The summed E-state index contributed by atoms with van der Waals surface area (Å²) in [4.78, 5) is 12.9. The van der Waals surface area contributed by atoms with Gasteiger partial charge in [-0.05, 0) is 29.2 Å². The predicted molar refractivity (Wildman–Crippen MR) is 94.0 cm³/mol. The Bertz CT molecular complexity index is 776. The summed E-state index contributed by atoms with van der Waals surface area (Å²) in [6.45, 7) is 1.19. The number of nitrogens with one attached hydrogen (secondary N) is 1. The van der Waals surface area contributed by atoms with E-state index in [2.05, 4.69) is 10.4 Å². The summed E-state index contributed by atoms with van der Waals surface area (Å²) in [5.41, 5.74) is 1.98. The second kappa shape index (κ2) is 7.56. The summed E-state index contributed by atoms with van der Waals surface area (Å²) in [7, 11) is 0. The second-order valence-corrected chi connectivity index (χ2v) is 5.92. The van der Waals surface area contributed by atoms with E-state index in [-0.39, 0.29) is 5.91 Å². The lowest BCUT2D eigenvalue weighted by Crippen LogP contribution is -2.25. The molecule has 23 heavy (non-hydrogen) atoms. The van der Waals surface area contributed by atoms with E-state index in [4.69, 9.17) is 0 Å². The number of carbonyl (C=O) groups is 1. The van der Waals surface area contributed by atoms with Gasteiger partial charge in [0.2, 0.25) is 5.91 Å². The van der Waals surface area contributed by atoms with Crippen LogP contribution < -0.4 is 5.32 Å². The maximum Gasteiger partial charge on any atom is 0.244 e. The summed E-state index contributed by atoms with van der Waals surface area (Å²) in [5, 5.41) is 9.40. The van der Waals surface area contributed by atoms with Gasteiger partial charge in [-0.15, -0.1) is 11.3 Å². The number of amides is 1. The number of carbonyl (C=O) groups excluding carboxylic acids is 1. The molecule has 2 heterocycles. The zero-order valence-electron chi connectivity index (χ0n) is 12.6. The van der Waals surface area contributed by atoms with E-state index in [1.165, 1.54) is 0 Å². The molecule has 0 fully saturated rings. The molecule has 2 aromatic heterocycles. The molecule has 0 saturated heterocycles. The number of hydrogen-bond acceptors (Lipinski definition) is 3. The Morgan fingerprint density at radius 3 is 2.83 bits per heavy atom. The van der Waals surface area contributed by atoms with Crippen LogP contribution in [-0.4, -0.2) is 22.2 Å². The molecule has 1 amide bonds. The molecular formula is C18H17N3OS. The number of benzene rings is 1. The lowest BCUT2D eigenvalue weighted by atomic mass is 10.2. The zero-order valence-corrected chi connectivity index (χ0v) is 13.4. The van der Waals surface area contributed by atoms with Crippen molar-refractivity contribution in [3.63, 3.8) is 0 Å². The third-order valence-electron chi connectivity index (χ3n) is 3.28. The summed E-state index contributed by atoms with van der Waals surface area (Å²) < 4.78 is 1.84. The highest BCUT2D eigenvalue weighted by Gasteiger charge is 2.03. The van der Waals surface area contributed by atoms with Crippen molar-refractivity contribution in [3.8, 4) is 10.6 Å². The standard InChI is InChI=1S/C18H17N3OS/c22-18(9-8-15-5-2-1-3-6-15)19-11-13-21-12-10-16(20-21)17-7-4-14-23-17/h1-10,12,14H,11,13H2,(H,19,22)/b9-8+. The number of aromatic nitrogens is 2. The van der Waals surface area contributed by atoms with Crippen LogP contribution in [0.5, 0.6) is 0 Å².